The normalized spacial score (nSPS) is 10.9. The number of ether oxygens (including phenoxy) is 1. The molecule has 0 saturated carbocycles. The Balaban J connectivity index is 2.46. The molecule has 0 saturated heterocycles. The van der Waals surface area contributed by atoms with Gasteiger partial charge in [-0.1, -0.05) is 28.1 Å². The summed E-state index contributed by atoms with van der Waals surface area (Å²) >= 11 is 3.25. The van der Waals surface area contributed by atoms with Crippen LogP contribution in [0.1, 0.15) is 5.56 Å². The lowest BCUT2D eigenvalue weighted by Gasteiger charge is -2.04. The highest BCUT2D eigenvalue weighted by molar-refractivity contribution is 9.10. The molecule has 0 fully saturated rings. The maximum absolute atomic E-state index is 10.9. The molecule has 0 unspecified atom stereocenters. The van der Waals surface area contributed by atoms with Crippen LogP contribution < -0.4 is 4.72 Å². The molecule has 0 spiro atoms. The SMILES string of the molecule is O=C(NS(=O)(=O)Cl)OCc1ccc(Br)cc1. The van der Waals surface area contributed by atoms with Crippen molar-refractivity contribution in [2.24, 2.45) is 0 Å². The minimum atomic E-state index is -4.09. The van der Waals surface area contributed by atoms with Crippen molar-refractivity contribution in [2.75, 3.05) is 0 Å². The molecular formula is C8H7BrClNO4S. The summed E-state index contributed by atoms with van der Waals surface area (Å²) in [5.41, 5.74) is 0.727. The number of rotatable bonds is 3. The number of nitrogens with one attached hydrogen (secondary N) is 1. The van der Waals surface area contributed by atoms with Gasteiger partial charge in [-0.25, -0.2) is 9.52 Å². The van der Waals surface area contributed by atoms with Crippen molar-refractivity contribution in [1.29, 1.82) is 0 Å². The van der Waals surface area contributed by atoms with Crippen LogP contribution in [-0.4, -0.2) is 14.5 Å². The monoisotopic (exact) mass is 327 g/mol. The van der Waals surface area contributed by atoms with Crippen LogP contribution in [0.3, 0.4) is 0 Å². The lowest BCUT2D eigenvalue weighted by atomic mass is 10.2. The largest absolute Gasteiger partial charge is 0.444 e. The molecule has 8 heteroatoms. The summed E-state index contributed by atoms with van der Waals surface area (Å²) in [5.74, 6) is 0. The van der Waals surface area contributed by atoms with E-state index in [1.165, 1.54) is 4.72 Å². The van der Waals surface area contributed by atoms with Crippen LogP contribution in [0.25, 0.3) is 0 Å². The summed E-state index contributed by atoms with van der Waals surface area (Å²) in [4.78, 5) is 10.9. The van der Waals surface area contributed by atoms with Gasteiger partial charge in [-0.05, 0) is 17.7 Å². The minimum absolute atomic E-state index is 0.0362. The molecule has 88 valence electrons. The van der Waals surface area contributed by atoms with E-state index in [9.17, 15) is 13.2 Å². The quantitative estimate of drug-likeness (QED) is 0.863. The third-order valence-corrected chi connectivity index (χ3v) is 2.66. The highest BCUT2D eigenvalue weighted by Gasteiger charge is 2.11. The Bertz CT molecular complexity index is 473. The first-order valence-corrected chi connectivity index (χ1v) is 7.10. The van der Waals surface area contributed by atoms with Gasteiger partial charge in [0.05, 0.1) is 0 Å². The zero-order valence-electron chi connectivity index (χ0n) is 7.81. The fraction of sp³-hybridized carbons (Fsp3) is 0.125. The van der Waals surface area contributed by atoms with E-state index in [1.807, 2.05) is 0 Å². The van der Waals surface area contributed by atoms with Gasteiger partial charge in [-0.3, -0.25) is 0 Å². The Morgan fingerprint density at radius 3 is 2.44 bits per heavy atom. The van der Waals surface area contributed by atoms with Crippen molar-refractivity contribution in [3.05, 3.63) is 34.3 Å². The van der Waals surface area contributed by atoms with E-state index in [4.69, 9.17) is 10.7 Å². The van der Waals surface area contributed by atoms with Crippen LogP contribution in [0.2, 0.25) is 0 Å². The summed E-state index contributed by atoms with van der Waals surface area (Å²) in [6.45, 7) is -0.0362. The lowest BCUT2D eigenvalue weighted by Crippen LogP contribution is -2.27. The molecule has 1 N–H and O–H groups in total. The van der Waals surface area contributed by atoms with Gasteiger partial charge in [0.1, 0.15) is 6.61 Å². The van der Waals surface area contributed by atoms with E-state index in [1.54, 1.807) is 24.3 Å². The van der Waals surface area contributed by atoms with Crippen LogP contribution >= 0.6 is 26.6 Å². The van der Waals surface area contributed by atoms with Gasteiger partial charge in [0.2, 0.25) is 0 Å². The number of carbonyl (C=O) groups excluding carboxylic acids is 1. The van der Waals surface area contributed by atoms with E-state index < -0.39 is 15.3 Å². The Morgan fingerprint density at radius 1 is 1.38 bits per heavy atom. The van der Waals surface area contributed by atoms with Gasteiger partial charge < -0.3 is 4.74 Å². The highest BCUT2D eigenvalue weighted by atomic mass is 79.9. The number of hydrogen-bond acceptors (Lipinski definition) is 4. The van der Waals surface area contributed by atoms with Gasteiger partial charge in [-0.2, -0.15) is 8.42 Å². The molecule has 1 aromatic carbocycles. The van der Waals surface area contributed by atoms with Gasteiger partial charge in [-0.15, -0.1) is 0 Å². The molecule has 0 aliphatic heterocycles. The molecule has 1 aromatic rings. The van der Waals surface area contributed by atoms with Crippen molar-refractivity contribution < 1.29 is 17.9 Å². The van der Waals surface area contributed by atoms with Gasteiger partial charge in [0.15, 0.2) is 0 Å². The van der Waals surface area contributed by atoms with Crippen LogP contribution in [0.5, 0.6) is 0 Å². The molecule has 1 amide bonds. The van der Waals surface area contributed by atoms with Crippen molar-refractivity contribution in [1.82, 2.24) is 4.72 Å². The number of amides is 1. The molecule has 1 rings (SSSR count). The second kappa shape index (κ2) is 5.51. The summed E-state index contributed by atoms with van der Waals surface area (Å²) in [6, 6.07) is 7.00. The molecule has 0 aliphatic carbocycles. The topological polar surface area (TPSA) is 72.5 Å². The second-order valence-electron chi connectivity index (χ2n) is 2.74. The van der Waals surface area contributed by atoms with Crippen LogP contribution in [0.15, 0.2) is 28.7 Å². The Morgan fingerprint density at radius 2 is 1.94 bits per heavy atom. The highest BCUT2D eigenvalue weighted by Crippen LogP contribution is 2.11. The maximum Gasteiger partial charge on any atom is 0.422 e. The van der Waals surface area contributed by atoms with Crippen molar-refractivity contribution >= 4 is 41.9 Å². The van der Waals surface area contributed by atoms with Gasteiger partial charge in [0.25, 0.3) is 0 Å². The van der Waals surface area contributed by atoms with Crippen molar-refractivity contribution in [2.45, 2.75) is 6.61 Å². The first-order chi connectivity index (χ1) is 7.37. The third-order valence-electron chi connectivity index (χ3n) is 1.49. The second-order valence-corrected chi connectivity index (χ2v) is 5.96. The van der Waals surface area contributed by atoms with Crippen molar-refractivity contribution in [3.63, 3.8) is 0 Å². The molecule has 0 aromatic heterocycles. The van der Waals surface area contributed by atoms with Gasteiger partial charge >= 0.3 is 15.3 Å². The predicted octanol–water partition coefficient (Wildman–Crippen LogP) is 2.16. The zero-order valence-corrected chi connectivity index (χ0v) is 11.0. The summed E-state index contributed by atoms with van der Waals surface area (Å²) < 4.78 is 27.9. The zero-order chi connectivity index (χ0) is 12.2. The fourth-order valence-corrected chi connectivity index (χ4v) is 1.57. The predicted molar refractivity (Wildman–Crippen MR) is 62.2 cm³/mol. The van der Waals surface area contributed by atoms with E-state index >= 15 is 0 Å². The standard InChI is InChI=1S/C8H7BrClNO4S/c9-7-3-1-6(2-4-7)5-15-8(12)11-16(10,13)14/h1-4H,5H2,(H,11,12). The molecule has 0 radical (unpaired) electrons. The molecule has 0 bridgehead atoms. The van der Waals surface area contributed by atoms with E-state index in [-0.39, 0.29) is 6.61 Å². The molecule has 0 heterocycles. The maximum atomic E-state index is 10.9. The molecule has 16 heavy (non-hydrogen) atoms. The van der Waals surface area contributed by atoms with Crippen molar-refractivity contribution in [3.8, 4) is 0 Å². The summed E-state index contributed by atoms with van der Waals surface area (Å²) in [5, 5.41) is 0. The van der Waals surface area contributed by atoms with E-state index in [0.717, 1.165) is 10.0 Å². The average molecular weight is 329 g/mol. The van der Waals surface area contributed by atoms with Gasteiger partial charge in [0, 0.05) is 15.2 Å². The number of hydrogen-bond donors (Lipinski definition) is 1. The summed E-state index contributed by atoms with van der Waals surface area (Å²) in [6.07, 6.45) is -1.11. The fourth-order valence-electron chi connectivity index (χ4n) is 0.859. The van der Waals surface area contributed by atoms with E-state index in [0.29, 0.717) is 0 Å². The Kier molecular flexibility index (Phi) is 4.57. The Hall–Kier alpha value is -0.790. The smallest absolute Gasteiger partial charge is 0.422 e. The first kappa shape index (κ1) is 13.3. The molecule has 5 nitrogen and oxygen atoms in total. The third kappa shape index (κ3) is 5.34. The lowest BCUT2D eigenvalue weighted by molar-refractivity contribution is 0.146. The van der Waals surface area contributed by atoms with Crippen LogP contribution in [0.4, 0.5) is 4.79 Å². The van der Waals surface area contributed by atoms with Crippen LogP contribution in [0, 0.1) is 0 Å². The van der Waals surface area contributed by atoms with E-state index in [2.05, 4.69) is 20.7 Å². The molecule has 0 aliphatic rings. The number of benzene rings is 1. The molecule has 0 atom stereocenters. The molecular weight excluding hydrogens is 322 g/mol. The first-order valence-electron chi connectivity index (χ1n) is 4.00. The average Bonchev–Trinajstić information content (AvgIpc) is 2.14. The minimum Gasteiger partial charge on any atom is -0.444 e. The van der Waals surface area contributed by atoms with Crippen LogP contribution in [-0.2, 0) is 20.6 Å². The number of halogens is 2. The Labute approximate surface area is 105 Å². The summed E-state index contributed by atoms with van der Waals surface area (Å²) in [7, 11) is 0.690. The number of carbonyl (C=O) groups is 1.